The minimum atomic E-state index is -5.33. The summed E-state index contributed by atoms with van der Waals surface area (Å²) in [5, 5.41) is -1.44. The first-order chi connectivity index (χ1) is 14.0. The van der Waals surface area contributed by atoms with Gasteiger partial charge in [0.2, 0.25) is 0 Å². The summed E-state index contributed by atoms with van der Waals surface area (Å²) in [6, 6.07) is 1.32. The fourth-order valence-corrected chi connectivity index (χ4v) is 4.73. The monoisotopic (exact) mass is 498 g/mol. The minimum absolute atomic E-state index is 0.275. The van der Waals surface area contributed by atoms with Crippen molar-refractivity contribution in [3.63, 3.8) is 0 Å². The highest BCUT2D eigenvalue weighted by Gasteiger charge is 2.29. The van der Waals surface area contributed by atoms with Gasteiger partial charge in [-0.3, -0.25) is 13.7 Å². The number of benzene rings is 2. The van der Waals surface area contributed by atoms with Crippen LogP contribution in [0.15, 0.2) is 32.9 Å². The molecule has 3 aromatic rings. The van der Waals surface area contributed by atoms with E-state index in [9.17, 15) is 47.7 Å². The van der Waals surface area contributed by atoms with Crippen LogP contribution in [0, 0.1) is 12.2 Å². The van der Waals surface area contributed by atoms with Gasteiger partial charge in [0.1, 0.15) is 9.79 Å². The summed E-state index contributed by atoms with van der Waals surface area (Å²) in [4.78, 5) is 5.30. The fourth-order valence-electron chi connectivity index (χ4n) is 2.70. The van der Waals surface area contributed by atoms with Gasteiger partial charge < -0.3 is 5.73 Å². The zero-order valence-electron chi connectivity index (χ0n) is 14.4. The van der Waals surface area contributed by atoms with Gasteiger partial charge in [0.25, 0.3) is 30.4 Å². The number of rotatable bonds is 4. The van der Waals surface area contributed by atoms with Crippen LogP contribution in [0.1, 0.15) is 0 Å². The number of aromatic nitrogens is 3. The number of halogens is 2. The SMILES string of the molecule is Nc1c(S(=O)(=O)O)cc2cc(S(=O)(=O)O)cc(S(=O)(=O)O)c2c1-c1nc(F)nc(F)n1. The lowest BCUT2D eigenvalue weighted by atomic mass is 10.0. The molecule has 0 unspecified atom stereocenters. The molecule has 31 heavy (non-hydrogen) atoms. The molecule has 0 aliphatic heterocycles. The van der Waals surface area contributed by atoms with Crippen molar-refractivity contribution in [3.05, 3.63) is 30.4 Å². The molecule has 166 valence electrons. The van der Waals surface area contributed by atoms with Crippen molar-refractivity contribution < 1.29 is 47.7 Å². The van der Waals surface area contributed by atoms with Crippen LogP contribution in [-0.2, 0) is 30.4 Å². The second-order valence-electron chi connectivity index (χ2n) is 5.81. The second-order valence-corrected chi connectivity index (χ2v) is 10.0. The molecule has 0 amide bonds. The van der Waals surface area contributed by atoms with Crippen LogP contribution in [0.5, 0.6) is 0 Å². The van der Waals surface area contributed by atoms with Gasteiger partial charge in [-0.1, -0.05) is 0 Å². The summed E-state index contributed by atoms with van der Waals surface area (Å²) in [6.45, 7) is 0. The fraction of sp³-hybridized carbons (Fsp3) is 0. The van der Waals surface area contributed by atoms with Crippen LogP contribution in [0.2, 0.25) is 0 Å². The zero-order chi connectivity index (χ0) is 23.5. The van der Waals surface area contributed by atoms with Gasteiger partial charge in [-0.05, 0) is 23.6 Å². The summed E-state index contributed by atoms with van der Waals surface area (Å²) >= 11 is 0. The van der Waals surface area contributed by atoms with Crippen LogP contribution in [-0.4, -0.2) is 53.9 Å². The Balaban J connectivity index is 2.74. The lowest BCUT2D eigenvalue weighted by Crippen LogP contribution is -2.11. The molecule has 0 saturated carbocycles. The molecule has 0 bridgehead atoms. The predicted molar refractivity (Wildman–Crippen MR) is 96.5 cm³/mol. The van der Waals surface area contributed by atoms with Crippen LogP contribution in [0.4, 0.5) is 14.5 Å². The maximum absolute atomic E-state index is 13.5. The number of anilines is 1. The van der Waals surface area contributed by atoms with Gasteiger partial charge in [-0.15, -0.1) is 0 Å². The van der Waals surface area contributed by atoms with Crippen LogP contribution >= 0.6 is 0 Å². The van der Waals surface area contributed by atoms with E-state index in [2.05, 4.69) is 15.0 Å². The number of nitrogen functional groups attached to an aromatic ring is 1. The summed E-state index contributed by atoms with van der Waals surface area (Å²) in [6.07, 6.45) is -3.45. The van der Waals surface area contributed by atoms with Gasteiger partial charge in [0.05, 0.1) is 16.1 Å². The van der Waals surface area contributed by atoms with E-state index in [1.165, 1.54) is 0 Å². The number of hydrogen-bond donors (Lipinski definition) is 4. The topological polar surface area (TPSA) is 228 Å². The molecule has 0 spiro atoms. The lowest BCUT2D eigenvalue weighted by molar-refractivity contribution is 0.457. The molecule has 2 aromatic carbocycles. The van der Waals surface area contributed by atoms with Crippen molar-refractivity contribution >= 4 is 46.8 Å². The second kappa shape index (κ2) is 7.07. The van der Waals surface area contributed by atoms with Crippen LogP contribution in [0.3, 0.4) is 0 Å². The van der Waals surface area contributed by atoms with Gasteiger partial charge in [-0.2, -0.15) is 49.0 Å². The quantitative estimate of drug-likeness (QED) is 0.280. The molecule has 0 saturated heterocycles. The van der Waals surface area contributed by atoms with E-state index in [0.29, 0.717) is 12.1 Å². The lowest BCUT2D eigenvalue weighted by Gasteiger charge is -2.15. The molecule has 1 aromatic heterocycles. The van der Waals surface area contributed by atoms with E-state index in [1.54, 1.807) is 0 Å². The maximum atomic E-state index is 13.5. The molecule has 18 heteroatoms. The highest BCUT2D eigenvalue weighted by Crippen LogP contribution is 2.41. The van der Waals surface area contributed by atoms with Gasteiger partial charge in [0, 0.05) is 5.39 Å². The minimum Gasteiger partial charge on any atom is -0.397 e. The number of fused-ring (bicyclic) bond motifs is 1. The summed E-state index contributed by atoms with van der Waals surface area (Å²) < 4.78 is 126. The molecule has 0 atom stereocenters. The molecule has 13 nitrogen and oxygen atoms in total. The van der Waals surface area contributed by atoms with Crippen molar-refractivity contribution in [2.45, 2.75) is 14.7 Å². The van der Waals surface area contributed by atoms with Crippen LogP contribution < -0.4 is 5.73 Å². The number of nitrogens with zero attached hydrogens (tertiary/aromatic N) is 3. The Morgan fingerprint density at radius 3 is 1.71 bits per heavy atom. The first kappa shape index (κ1) is 22.8. The van der Waals surface area contributed by atoms with Gasteiger partial charge >= 0.3 is 12.2 Å². The average Bonchev–Trinajstić information content (AvgIpc) is 2.56. The Hall–Kier alpha value is -2.90. The van der Waals surface area contributed by atoms with E-state index >= 15 is 0 Å². The van der Waals surface area contributed by atoms with Gasteiger partial charge in [0.15, 0.2) is 5.82 Å². The molecule has 0 aliphatic rings. The first-order valence-corrected chi connectivity index (χ1v) is 11.7. The Labute approximate surface area is 171 Å². The van der Waals surface area contributed by atoms with Crippen molar-refractivity contribution in [2.24, 2.45) is 0 Å². The van der Waals surface area contributed by atoms with E-state index in [1.807, 2.05) is 0 Å². The Morgan fingerprint density at radius 1 is 0.742 bits per heavy atom. The van der Waals surface area contributed by atoms with E-state index < -0.39 is 85.0 Å². The molecule has 1 heterocycles. The Kier molecular flexibility index (Phi) is 5.19. The molecular formula is C13H8F2N4O9S3. The molecule has 0 aliphatic carbocycles. The van der Waals surface area contributed by atoms with E-state index in [4.69, 9.17) is 5.73 Å². The zero-order valence-corrected chi connectivity index (χ0v) is 16.9. The highest BCUT2D eigenvalue weighted by atomic mass is 32.2. The highest BCUT2D eigenvalue weighted by molar-refractivity contribution is 7.87. The molecule has 5 N–H and O–H groups in total. The Morgan fingerprint density at radius 2 is 1.26 bits per heavy atom. The normalized spacial score (nSPS) is 12.9. The van der Waals surface area contributed by atoms with Gasteiger partial charge in [-0.25, -0.2) is 0 Å². The number of hydrogen-bond acceptors (Lipinski definition) is 10. The van der Waals surface area contributed by atoms with Crippen molar-refractivity contribution in [1.29, 1.82) is 0 Å². The summed E-state index contributed by atoms with van der Waals surface area (Å²) in [7, 11) is -15.6. The standard InChI is InChI=1S/C13H8F2N4O9S3/c14-12-17-11(18-13(15)19-12)9-8-4(2-7(10(9)16)31(26,27)28)1-5(29(20,21)22)3-6(8)30(23,24)25/h1-3H,16H2,(H,20,21,22)(H,23,24,25)(H,26,27,28). The third-order valence-electron chi connectivity index (χ3n) is 3.84. The van der Waals surface area contributed by atoms with Crippen molar-refractivity contribution in [3.8, 4) is 11.4 Å². The first-order valence-electron chi connectivity index (χ1n) is 7.40. The average molecular weight is 498 g/mol. The third kappa shape index (κ3) is 4.29. The van der Waals surface area contributed by atoms with E-state index in [-0.39, 0.29) is 6.07 Å². The molecule has 0 fully saturated rings. The smallest absolute Gasteiger partial charge is 0.314 e. The van der Waals surface area contributed by atoms with Crippen molar-refractivity contribution in [2.75, 3.05) is 5.73 Å². The molecule has 3 rings (SSSR count). The maximum Gasteiger partial charge on any atom is 0.314 e. The third-order valence-corrected chi connectivity index (χ3v) is 6.44. The summed E-state index contributed by atoms with van der Waals surface area (Å²) in [5.74, 6) is -1.05. The van der Waals surface area contributed by atoms with E-state index in [0.717, 1.165) is 0 Å². The largest absolute Gasteiger partial charge is 0.397 e. The number of nitrogens with two attached hydrogens (primary N) is 1. The van der Waals surface area contributed by atoms with Crippen LogP contribution in [0.25, 0.3) is 22.2 Å². The predicted octanol–water partition coefficient (Wildman–Crippen LogP) is 0.292. The molecular weight excluding hydrogens is 490 g/mol. The Bertz CT molecular complexity index is 1570. The molecule has 0 radical (unpaired) electrons. The summed E-state index contributed by atoms with van der Waals surface area (Å²) in [5.41, 5.74) is 3.78. The van der Waals surface area contributed by atoms with Crippen molar-refractivity contribution in [1.82, 2.24) is 15.0 Å².